The molecule has 0 saturated carbocycles. The Balaban J connectivity index is 1.75. The molecule has 0 radical (unpaired) electrons. The maximum absolute atomic E-state index is 12.9. The highest BCUT2D eigenvalue weighted by atomic mass is 35.5. The van der Waals surface area contributed by atoms with Crippen molar-refractivity contribution in [3.05, 3.63) is 70.3 Å². The van der Waals surface area contributed by atoms with Gasteiger partial charge in [-0.1, -0.05) is 35.9 Å². The van der Waals surface area contributed by atoms with Crippen molar-refractivity contribution in [2.24, 2.45) is 0 Å². The predicted octanol–water partition coefficient (Wildman–Crippen LogP) is 5.31. The summed E-state index contributed by atoms with van der Waals surface area (Å²) in [7, 11) is 1.64. The zero-order valence-corrected chi connectivity index (χ0v) is 22.8. The number of aliphatic hydroxyl groups is 1. The molecule has 2 N–H and O–H groups in total. The first-order chi connectivity index (χ1) is 18.3. The Kier molecular flexibility index (Phi) is 9.34. The Morgan fingerprint density at radius 1 is 0.974 bits per heavy atom. The molecule has 0 unspecified atom stereocenters. The number of halogens is 1. The Hall–Kier alpha value is -3.03. The van der Waals surface area contributed by atoms with Gasteiger partial charge >= 0.3 is 5.97 Å². The number of amides is 1. The van der Waals surface area contributed by atoms with Gasteiger partial charge in [-0.25, -0.2) is 4.79 Å². The molecular formula is C30H37ClN2O5. The number of allylic oxidation sites excluding steroid dienone is 1. The van der Waals surface area contributed by atoms with Gasteiger partial charge in [0.1, 0.15) is 12.4 Å². The van der Waals surface area contributed by atoms with Crippen LogP contribution in [0.25, 0.3) is 0 Å². The molecule has 4 rings (SSSR count). The standard InChI is InChI=1S/C30H37ClN2O5/c1-32-15-7-4-2-3-5-8-16-33-17-9-6-10-22-18-25(31)13-11-23(22)21-38-27-14-12-24(19-26(27)33)30(37,29(35)36)20-28(32)34/h2,4,11-14,18-19,37H,3,5-10,15-17,20-21H2,1H3,(H,35,36)/b4-2-/t30-/m1/s1. The highest BCUT2D eigenvalue weighted by Crippen LogP contribution is 2.37. The number of hydrogen-bond donors (Lipinski definition) is 2. The number of carboxylic acid groups (broad SMARTS) is 1. The Morgan fingerprint density at radius 2 is 1.74 bits per heavy atom. The zero-order valence-electron chi connectivity index (χ0n) is 22.0. The van der Waals surface area contributed by atoms with Crippen LogP contribution in [0.4, 0.5) is 5.69 Å². The minimum absolute atomic E-state index is 0.174. The summed E-state index contributed by atoms with van der Waals surface area (Å²) in [5.74, 6) is -1.25. The number of anilines is 1. The third kappa shape index (κ3) is 6.69. The van der Waals surface area contributed by atoms with Crippen molar-refractivity contribution >= 4 is 29.2 Å². The molecule has 2 aromatic carbocycles. The van der Waals surface area contributed by atoms with E-state index in [4.69, 9.17) is 16.3 Å². The predicted molar refractivity (Wildman–Crippen MR) is 149 cm³/mol. The fraction of sp³-hybridized carbons (Fsp3) is 0.467. The number of nitrogens with zero attached hydrogens (tertiary/aromatic N) is 2. The smallest absolute Gasteiger partial charge is 0.340 e. The molecule has 0 spiro atoms. The maximum atomic E-state index is 12.9. The van der Waals surface area contributed by atoms with Gasteiger partial charge in [0.25, 0.3) is 0 Å². The number of ether oxygens (including phenoxy) is 1. The van der Waals surface area contributed by atoms with Crippen LogP contribution in [-0.2, 0) is 28.2 Å². The fourth-order valence-electron chi connectivity index (χ4n) is 5.09. The van der Waals surface area contributed by atoms with Crippen molar-refractivity contribution in [2.45, 2.75) is 63.6 Å². The fourth-order valence-corrected chi connectivity index (χ4v) is 5.28. The number of carbonyl (C=O) groups is 2. The molecule has 204 valence electrons. The molecule has 8 heteroatoms. The van der Waals surface area contributed by atoms with Crippen molar-refractivity contribution in [2.75, 3.05) is 31.6 Å². The molecule has 0 aliphatic carbocycles. The normalized spacial score (nSPS) is 22.6. The van der Waals surface area contributed by atoms with Crippen LogP contribution >= 0.6 is 11.6 Å². The zero-order chi connectivity index (χ0) is 27.1. The van der Waals surface area contributed by atoms with Crippen molar-refractivity contribution in [1.29, 1.82) is 0 Å². The van der Waals surface area contributed by atoms with Gasteiger partial charge in [0.15, 0.2) is 5.60 Å². The quantitative estimate of drug-likeness (QED) is 0.476. The van der Waals surface area contributed by atoms with Gasteiger partial charge < -0.3 is 24.7 Å². The molecule has 2 aromatic rings. The lowest BCUT2D eigenvalue weighted by atomic mass is 9.89. The van der Waals surface area contributed by atoms with E-state index in [1.807, 2.05) is 18.2 Å². The average Bonchev–Trinajstić information content (AvgIpc) is 2.92. The van der Waals surface area contributed by atoms with Gasteiger partial charge in [0.2, 0.25) is 5.91 Å². The molecule has 0 fully saturated rings. The van der Waals surface area contributed by atoms with Crippen LogP contribution in [0.3, 0.4) is 0 Å². The number of carboxylic acids is 1. The number of aryl methyl sites for hydroxylation is 1. The second-order valence-electron chi connectivity index (χ2n) is 10.2. The van der Waals surface area contributed by atoms with E-state index in [2.05, 4.69) is 17.1 Å². The van der Waals surface area contributed by atoms with Gasteiger partial charge in [-0.05, 0) is 85.9 Å². The van der Waals surface area contributed by atoms with Gasteiger partial charge in [0.05, 0.1) is 12.1 Å². The van der Waals surface area contributed by atoms with Crippen LogP contribution in [-0.4, -0.2) is 53.7 Å². The minimum atomic E-state index is -2.35. The van der Waals surface area contributed by atoms with E-state index in [-0.39, 0.29) is 5.56 Å². The third-order valence-electron chi connectivity index (χ3n) is 7.49. The van der Waals surface area contributed by atoms with E-state index in [0.29, 0.717) is 30.3 Å². The van der Waals surface area contributed by atoms with E-state index in [9.17, 15) is 19.8 Å². The monoisotopic (exact) mass is 540 g/mol. The van der Waals surface area contributed by atoms with Crippen LogP contribution in [0.2, 0.25) is 5.02 Å². The summed E-state index contributed by atoms with van der Waals surface area (Å²) < 4.78 is 6.32. The van der Waals surface area contributed by atoms with E-state index in [0.717, 1.165) is 62.9 Å². The van der Waals surface area contributed by atoms with Crippen LogP contribution < -0.4 is 9.64 Å². The summed E-state index contributed by atoms with van der Waals surface area (Å²) >= 11 is 6.27. The Morgan fingerprint density at radius 3 is 2.53 bits per heavy atom. The number of aliphatic carboxylic acids is 1. The van der Waals surface area contributed by atoms with E-state index in [1.54, 1.807) is 25.2 Å². The molecule has 2 heterocycles. The average molecular weight is 541 g/mol. The van der Waals surface area contributed by atoms with Crippen LogP contribution in [0.15, 0.2) is 48.6 Å². The summed E-state index contributed by atoms with van der Waals surface area (Å²) in [6, 6.07) is 10.8. The lowest BCUT2D eigenvalue weighted by molar-refractivity contribution is -0.164. The molecule has 2 bridgehead atoms. The Bertz CT molecular complexity index is 1180. The highest BCUT2D eigenvalue weighted by Gasteiger charge is 2.42. The summed E-state index contributed by atoms with van der Waals surface area (Å²) in [5.41, 5.74) is 0.796. The van der Waals surface area contributed by atoms with Crippen molar-refractivity contribution in [1.82, 2.24) is 4.90 Å². The molecule has 7 nitrogen and oxygen atoms in total. The van der Waals surface area contributed by atoms with Crippen LogP contribution in [0.5, 0.6) is 5.75 Å². The lowest BCUT2D eigenvalue weighted by Gasteiger charge is -2.30. The molecule has 0 aromatic heterocycles. The van der Waals surface area contributed by atoms with E-state index in [1.165, 1.54) is 10.5 Å². The third-order valence-corrected chi connectivity index (χ3v) is 7.72. The number of hydrogen-bond acceptors (Lipinski definition) is 5. The first-order valence-corrected chi connectivity index (χ1v) is 13.8. The van der Waals surface area contributed by atoms with Crippen molar-refractivity contribution in [3.63, 3.8) is 0 Å². The highest BCUT2D eigenvalue weighted by molar-refractivity contribution is 6.30. The number of rotatable bonds is 1. The SMILES string of the molecule is CN1CC/C=C\CCCCN2CCCCc3cc(Cl)ccc3COc3ccc(cc32)[C@@](O)(C(=O)O)CC1=O. The van der Waals surface area contributed by atoms with Crippen molar-refractivity contribution < 1.29 is 24.5 Å². The largest absolute Gasteiger partial charge is 0.487 e. The molecule has 38 heavy (non-hydrogen) atoms. The molecule has 2 aliphatic heterocycles. The topological polar surface area (TPSA) is 90.3 Å². The molecule has 0 saturated heterocycles. The maximum Gasteiger partial charge on any atom is 0.340 e. The number of benzene rings is 2. The van der Waals surface area contributed by atoms with Gasteiger partial charge in [-0.2, -0.15) is 0 Å². The molecule has 1 atom stereocenters. The van der Waals surface area contributed by atoms with E-state index >= 15 is 0 Å². The number of carbonyl (C=O) groups excluding carboxylic acids is 1. The van der Waals surface area contributed by atoms with Crippen LogP contribution in [0.1, 0.15) is 61.6 Å². The first kappa shape index (κ1) is 28.0. The Labute approximate surface area is 229 Å². The second kappa shape index (κ2) is 12.7. The van der Waals surface area contributed by atoms with Crippen LogP contribution in [0, 0.1) is 0 Å². The summed E-state index contributed by atoms with van der Waals surface area (Å²) in [4.78, 5) is 29.0. The second-order valence-corrected chi connectivity index (χ2v) is 10.7. The molecule has 1 amide bonds. The summed E-state index contributed by atoms with van der Waals surface area (Å²) in [6.07, 6.45) is 10.1. The van der Waals surface area contributed by atoms with Gasteiger partial charge in [0, 0.05) is 31.7 Å². The molecular weight excluding hydrogens is 504 g/mol. The number of fused-ring (bicyclic) bond motifs is 2. The summed E-state index contributed by atoms with van der Waals surface area (Å²) in [5, 5.41) is 22.2. The van der Waals surface area contributed by atoms with E-state index < -0.39 is 23.9 Å². The molecule has 2 aliphatic rings. The van der Waals surface area contributed by atoms with Gasteiger partial charge in [-0.15, -0.1) is 0 Å². The minimum Gasteiger partial charge on any atom is -0.487 e. The van der Waals surface area contributed by atoms with Crippen molar-refractivity contribution in [3.8, 4) is 5.75 Å². The first-order valence-electron chi connectivity index (χ1n) is 13.4. The summed E-state index contributed by atoms with van der Waals surface area (Å²) in [6.45, 7) is 2.35. The van der Waals surface area contributed by atoms with Gasteiger partial charge in [-0.3, -0.25) is 4.79 Å². The lowest BCUT2D eigenvalue weighted by Crippen LogP contribution is -2.42.